The molecule has 1 fully saturated rings. The molecule has 5 rings (SSSR count). The number of thiazole rings is 1. The highest BCUT2D eigenvalue weighted by molar-refractivity contribution is 7.09. The molecule has 1 aliphatic heterocycles. The van der Waals surface area contributed by atoms with Gasteiger partial charge in [0.25, 0.3) is 5.91 Å². The first-order chi connectivity index (χ1) is 20.5. The van der Waals surface area contributed by atoms with Crippen LogP contribution in [0.25, 0.3) is 0 Å². The van der Waals surface area contributed by atoms with Gasteiger partial charge in [-0.25, -0.2) is 4.98 Å². The van der Waals surface area contributed by atoms with Crippen molar-refractivity contribution in [3.63, 3.8) is 0 Å². The Morgan fingerprint density at radius 2 is 1.62 bits per heavy atom. The van der Waals surface area contributed by atoms with Gasteiger partial charge in [-0.2, -0.15) is 0 Å². The topological polar surface area (TPSA) is 54.9 Å². The van der Waals surface area contributed by atoms with E-state index in [-0.39, 0.29) is 5.91 Å². The second-order valence-corrected chi connectivity index (χ2v) is 12.1. The third-order valence-corrected chi connectivity index (χ3v) is 8.92. The summed E-state index contributed by atoms with van der Waals surface area (Å²) in [7, 11) is 3.32. The summed E-state index contributed by atoms with van der Waals surface area (Å²) in [5.41, 5.74) is 5.66. The molecule has 0 bridgehead atoms. The molecule has 42 heavy (non-hydrogen) atoms. The molecule has 1 aliphatic rings. The van der Waals surface area contributed by atoms with E-state index in [2.05, 4.69) is 72.5 Å². The first-order valence-electron chi connectivity index (χ1n) is 14.8. The van der Waals surface area contributed by atoms with Crippen LogP contribution in [0.5, 0.6) is 11.5 Å². The fourth-order valence-corrected chi connectivity index (χ4v) is 6.42. The molecule has 0 atom stereocenters. The van der Waals surface area contributed by atoms with E-state index in [1.807, 2.05) is 22.4 Å². The number of methoxy groups -OCH3 is 2. The smallest absolute Gasteiger partial charge is 0.273 e. The van der Waals surface area contributed by atoms with Crippen LogP contribution >= 0.6 is 11.3 Å². The Labute approximate surface area is 253 Å². The highest BCUT2D eigenvalue weighted by Gasteiger charge is 2.25. The number of rotatable bonds is 12. The Hall–Kier alpha value is -3.68. The molecule has 3 aromatic carbocycles. The lowest BCUT2D eigenvalue weighted by molar-refractivity contribution is 0.0685. The van der Waals surface area contributed by atoms with Gasteiger partial charge in [-0.15, -0.1) is 11.3 Å². The minimum absolute atomic E-state index is 0.0612. The first kappa shape index (κ1) is 29.8. The summed E-state index contributed by atoms with van der Waals surface area (Å²) in [5.74, 6) is 2.17. The van der Waals surface area contributed by atoms with E-state index in [1.54, 1.807) is 25.6 Å². The van der Waals surface area contributed by atoms with Gasteiger partial charge in [0.2, 0.25) is 0 Å². The minimum Gasteiger partial charge on any atom is -0.493 e. The van der Waals surface area contributed by atoms with Crippen molar-refractivity contribution in [3.8, 4) is 11.5 Å². The van der Waals surface area contributed by atoms with Crippen LogP contribution in [0.15, 0.2) is 78.2 Å². The van der Waals surface area contributed by atoms with E-state index in [4.69, 9.17) is 14.5 Å². The second-order valence-electron chi connectivity index (χ2n) is 11.2. The predicted octanol–water partition coefficient (Wildman–Crippen LogP) is 6.81. The molecule has 1 amide bonds. The monoisotopic (exact) mass is 583 g/mol. The number of piperidine rings is 1. The summed E-state index contributed by atoms with van der Waals surface area (Å²) in [4.78, 5) is 22.6. The fourth-order valence-electron chi connectivity index (χ4n) is 5.61. The number of nitrogens with zero attached hydrogens (tertiary/aromatic N) is 3. The molecule has 1 saturated heterocycles. The quantitative estimate of drug-likeness (QED) is 0.183. The van der Waals surface area contributed by atoms with Crippen molar-refractivity contribution in [1.29, 1.82) is 0 Å². The molecule has 0 radical (unpaired) electrons. The van der Waals surface area contributed by atoms with Gasteiger partial charge >= 0.3 is 0 Å². The lowest BCUT2D eigenvalue weighted by Crippen LogP contribution is -2.39. The Morgan fingerprint density at radius 1 is 0.905 bits per heavy atom. The normalized spacial score (nSPS) is 13.9. The minimum atomic E-state index is 0.0612. The molecule has 4 aromatic rings. The number of aromatic nitrogens is 1. The molecule has 0 unspecified atom stereocenters. The van der Waals surface area contributed by atoms with Crippen molar-refractivity contribution < 1.29 is 14.3 Å². The van der Waals surface area contributed by atoms with Crippen molar-refractivity contribution >= 4 is 17.2 Å². The van der Waals surface area contributed by atoms with Gasteiger partial charge in [0.1, 0.15) is 10.7 Å². The maximum absolute atomic E-state index is 13.3. The number of hydrogen-bond donors (Lipinski definition) is 0. The van der Waals surface area contributed by atoms with Gasteiger partial charge in [0.05, 0.1) is 20.8 Å². The summed E-state index contributed by atoms with van der Waals surface area (Å²) >= 11 is 1.58. The van der Waals surface area contributed by atoms with E-state index in [0.717, 1.165) is 68.4 Å². The van der Waals surface area contributed by atoms with Crippen molar-refractivity contribution in [1.82, 2.24) is 14.8 Å². The molecule has 2 heterocycles. The molecule has 0 aliphatic carbocycles. The lowest BCUT2D eigenvalue weighted by atomic mass is 9.90. The van der Waals surface area contributed by atoms with Gasteiger partial charge < -0.3 is 14.4 Å². The SMILES string of the molecule is COc1ccc(CCN(Cc2ccc(C)cc2)Cc2nc(C(=O)N3CCC(Cc4ccccc4)CC3)cs2)cc1OC. The number of hydrogen-bond acceptors (Lipinski definition) is 6. The van der Waals surface area contributed by atoms with Crippen LogP contribution < -0.4 is 9.47 Å². The highest BCUT2D eigenvalue weighted by Crippen LogP contribution is 2.28. The summed E-state index contributed by atoms with van der Waals surface area (Å²) in [5, 5.41) is 2.91. The second kappa shape index (κ2) is 14.5. The molecule has 6 nitrogen and oxygen atoms in total. The Balaban J connectivity index is 1.21. The van der Waals surface area contributed by atoms with Crippen molar-refractivity contribution in [2.75, 3.05) is 33.9 Å². The van der Waals surface area contributed by atoms with Crippen molar-refractivity contribution in [2.24, 2.45) is 5.92 Å². The number of carbonyl (C=O) groups is 1. The average Bonchev–Trinajstić information content (AvgIpc) is 3.49. The fraction of sp³-hybridized carbons (Fsp3) is 0.371. The number of aryl methyl sites for hydroxylation is 1. The summed E-state index contributed by atoms with van der Waals surface area (Å²) in [6.45, 7) is 6.06. The van der Waals surface area contributed by atoms with Crippen molar-refractivity contribution in [3.05, 3.63) is 111 Å². The summed E-state index contributed by atoms with van der Waals surface area (Å²) < 4.78 is 10.9. The van der Waals surface area contributed by atoms with E-state index in [0.29, 0.717) is 18.2 Å². The van der Waals surface area contributed by atoms with Crippen LogP contribution in [0.1, 0.15) is 50.6 Å². The number of carbonyl (C=O) groups excluding carboxylic acids is 1. The van der Waals surface area contributed by atoms with Gasteiger partial charge in [-0.1, -0.05) is 66.2 Å². The predicted molar refractivity (Wildman–Crippen MR) is 169 cm³/mol. The third-order valence-electron chi connectivity index (χ3n) is 8.09. The molecule has 0 saturated carbocycles. The molecule has 7 heteroatoms. The molecular formula is C35H41N3O3S. The van der Waals surface area contributed by atoms with Crippen LogP contribution in [0.3, 0.4) is 0 Å². The Morgan fingerprint density at radius 3 is 2.33 bits per heavy atom. The summed E-state index contributed by atoms with van der Waals surface area (Å²) in [6, 6.07) is 25.5. The lowest BCUT2D eigenvalue weighted by Gasteiger charge is -2.31. The summed E-state index contributed by atoms with van der Waals surface area (Å²) in [6.07, 6.45) is 4.03. The maximum Gasteiger partial charge on any atom is 0.273 e. The highest BCUT2D eigenvalue weighted by atomic mass is 32.1. The van der Waals surface area contributed by atoms with Crippen LogP contribution in [-0.4, -0.2) is 54.5 Å². The van der Waals surface area contributed by atoms with Crippen LogP contribution in [-0.2, 0) is 25.9 Å². The zero-order valence-corrected chi connectivity index (χ0v) is 25.7. The number of ether oxygens (including phenoxy) is 2. The van der Waals surface area contributed by atoms with E-state index in [1.165, 1.54) is 22.3 Å². The van der Waals surface area contributed by atoms with Crippen molar-refractivity contribution in [2.45, 2.75) is 45.7 Å². The molecule has 0 N–H and O–H groups in total. The third kappa shape index (κ3) is 7.99. The zero-order valence-electron chi connectivity index (χ0n) is 24.9. The van der Waals surface area contributed by atoms with Gasteiger partial charge in [0, 0.05) is 31.6 Å². The molecule has 0 spiro atoms. The molecule has 1 aromatic heterocycles. The van der Waals surface area contributed by atoms with E-state index >= 15 is 0 Å². The average molecular weight is 584 g/mol. The Kier molecular flexibility index (Phi) is 10.3. The van der Waals surface area contributed by atoms with Gasteiger partial charge in [0.15, 0.2) is 11.5 Å². The van der Waals surface area contributed by atoms with E-state index < -0.39 is 0 Å². The van der Waals surface area contributed by atoms with E-state index in [9.17, 15) is 4.79 Å². The maximum atomic E-state index is 13.3. The standard InChI is InChI=1S/C35H41N3O3S/c1-26-9-11-30(12-10-26)23-37(18-15-28-13-14-32(40-2)33(22-28)41-3)24-34-36-31(25-42-34)35(39)38-19-16-29(17-20-38)21-27-7-5-4-6-8-27/h4-14,22,25,29H,15-21,23-24H2,1-3H3. The number of likely N-dealkylation sites (tertiary alicyclic amines) is 1. The molecular weight excluding hydrogens is 542 g/mol. The first-order valence-corrected chi connectivity index (χ1v) is 15.6. The van der Waals surface area contributed by atoms with Crippen LogP contribution in [0.4, 0.5) is 0 Å². The Bertz CT molecular complexity index is 1430. The zero-order chi connectivity index (χ0) is 29.3. The largest absolute Gasteiger partial charge is 0.493 e. The number of amides is 1. The van der Waals surface area contributed by atoms with Gasteiger partial charge in [-0.05, 0) is 67.3 Å². The number of benzene rings is 3. The van der Waals surface area contributed by atoms with Crippen LogP contribution in [0.2, 0.25) is 0 Å². The van der Waals surface area contributed by atoms with Crippen LogP contribution in [0, 0.1) is 12.8 Å². The molecule has 220 valence electrons. The van der Waals surface area contributed by atoms with Gasteiger partial charge in [-0.3, -0.25) is 9.69 Å².